The zero-order valence-corrected chi connectivity index (χ0v) is 30.5. The Morgan fingerprint density at radius 2 is 1.22 bits per heavy atom. The Morgan fingerprint density at radius 3 is 2.07 bits per heavy atom. The highest BCUT2D eigenvalue weighted by atomic mass is 16.3. The van der Waals surface area contributed by atoms with Crippen molar-refractivity contribution in [2.24, 2.45) is 0 Å². The average Bonchev–Trinajstić information content (AvgIpc) is 3.90. The molecule has 10 aromatic rings. The molecule has 11 rings (SSSR count). The normalized spacial score (nSPS) is 12.4. The molecule has 0 saturated carbocycles. The van der Waals surface area contributed by atoms with Crippen molar-refractivity contribution >= 4 is 49.8 Å². The number of aryl methyl sites for hydroxylation is 1. The smallest absolute Gasteiger partial charge is 0.159 e. The summed E-state index contributed by atoms with van der Waals surface area (Å²) in [5.41, 5.74) is 18.4. The third-order valence-corrected chi connectivity index (χ3v) is 11.3. The van der Waals surface area contributed by atoms with Gasteiger partial charge in [-0.15, -0.1) is 0 Å². The first-order valence-electron chi connectivity index (χ1n) is 18.9. The summed E-state index contributed by atoms with van der Waals surface area (Å²) in [5.74, 6) is 0.754. The van der Waals surface area contributed by atoms with Crippen LogP contribution in [0.4, 0.5) is 0 Å². The quantitative estimate of drug-likeness (QED) is 0.179. The van der Waals surface area contributed by atoms with Crippen LogP contribution in [-0.2, 0) is 6.42 Å². The summed E-state index contributed by atoms with van der Waals surface area (Å²) in [6.07, 6.45) is 6.92. The molecule has 3 aromatic heterocycles. The zero-order chi connectivity index (χ0) is 36.6. The second kappa shape index (κ2) is 12.3. The number of allylic oxidation sites excluding steroid dienone is 1. The maximum atomic E-state index is 6.13. The first kappa shape index (κ1) is 31.5. The number of nitrogens with zero attached hydrogens (tertiary/aromatic N) is 3. The van der Waals surface area contributed by atoms with Crippen molar-refractivity contribution in [2.75, 3.05) is 0 Å². The molecule has 3 heterocycles. The lowest BCUT2D eigenvalue weighted by atomic mass is 9.97. The summed E-state index contributed by atoms with van der Waals surface area (Å²) in [5, 5.41) is 4.75. The van der Waals surface area contributed by atoms with Gasteiger partial charge in [0.1, 0.15) is 11.2 Å². The Balaban J connectivity index is 0.987. The molecule has 0 spiro atoms. The lowest BCUT2D eigenvalue weighted by Crippen LogP contribution is -1.95. The van der Waals surface area contributed by atoms with Gasteiger partial charge in [-0.3, -0.25) is 0 Å². The molecule has 1 aliphatic carbocycles. The SMILES string of the molecule is C/C=C/c1nc(-c2ccc3c(c2)-c2cc(-c4cccc(-n5c6ccccc6c6cc(-c7ccc8oc9ccccc9c8c7)ccc65)c4)ccc2C3)ncc1C. The van der Waals surface area contributed by atoms with Crippen molar-refractivity contribution in [3.63, 3.8) is 0 Å². The van der Waals surface area contributed by atoms with Crippen LogP contribution in [0.3, 0.4) is 0 Å². The molecule has 0 fully saturated rings. The fourth-order valence-electron chi connectivity index (χ4n) is 8.57. The Bertz CT molecular complexity index is 3210. The first-order chi connectivity index (χ1) is 27.1. The van der Waals surface area contributed by atoms with Gasteiger partial charge in [0, 0.05) is 39.0 Å². The van der Waals surface area contributed by atoms with Gasteiger partial charge in [-0.2, -0.15) is 0 Å². The van der Waals surface area contributed by atoms with E-state index in [1.165, 1.54) is 66.3 Å². The van der Waals surface area contributed by atoms with Crippen molar-refractivity contribution in [3.05, 3.63) is 180 Å². The molecular formula is C51H35N3O. The fraction of sp³-hybridized carbons (Fsp3) is 0.0588. The lowest BCUT2D eigenvalue weighted by Gasteiger charge is -2.12. The standard InChI is InChI=1S/C51H35N3O/c1-3-9-46-31(2)30-52-51(53-46)38-19-18-37-24-36-17-16-33(26-42(36)43(37)29-38)32-10-8-11-39(25-32)54-47-14-6-4-12-40(47)44-27-34(20-22-48(44)54)35-21-23-50-45(28-35)41-13-5-7-15-49(41)55-50/h3-23,25-30H,24H2,1-2H3/b9-3+. The van der Waals surface area contributed by atoms with Crippen LogP contribution >= 0.6 is 0 Å². The average molecular weight is 706 g/mol. The molecule has 1 aliphatic rings. The van der Waals surface area contributed by atoms with Gasteiger partial charge < -0.3 is 8.98 Å². The number of benzene rings is 7. The molecular weight excluding hydrogens is 671 g/mol. The molecule has 260 valence electrons. The van der Waals surface area contributed by atoms with E-state index in [0.29, 0.717) is 0 Å². The van der Waals surface area contributed by atoms with Crippen LogP contribution in [0, 0.1) is 6.92 Å². The minimum absolute atomic E-state index is 0.754. The number of fused-ring (bicyclic) bond motifs is 9. The minimum atomic E-state index is 0.754. The summed E-state index contributed by atoms with van der Waals surface area (Å²) in [4.78, 5) is 9.59. The van der Waals surface area contributed by atoms with Gasteiger partial charge in [-0.1, -0.05) is 91.0 Å². The van der Waals surface area contributed by atoms with E-state index in [0.717, 1.165) is 56.7 Å². The Kier molecular flexibility index (Phi) is 7.02. The molecule has 0 radical (unpaired) electrons. The molecule has 0 N–H and O–H groups in total. The topological polar surface area (TPSA) is 43.9 Å². The van der Waals surface area contributed by atoms with E-state index in [1.54, 1.807) is 0 Å². The molecule has 0 atom stereocenters. The monoisotopic (exact) mass is 705 g/mol. The summed E-state index contributed by atoms with van der Waals surface area (Å²) in [6.45, 7) is 4.07. The van der Waals surface area contributed by atoms with Crippen LogP contribution in [-0.4, -0.2) is 14.5 Å². The van der Waals surface area contributed by atoms with Gasteiger partial charge in [-0.05, 0) is 137 Å². The first-order valence-corrected chi connectivity index (χ1v) is 18.9. The number of aromatic nitrogens is 3. The van der Waals surface area contributed by atoms with E-state index in [-0.39, 0.29) is 0 Å². The molecule has 0 saturated heterocycles. The molecule has 55 heavy (non-hydrogen) atoms. The van der Waals surface area contributed by atoms with Gasteiger partial charge in [0.25, 0.3) is 0 Å². The Labute approximate surface area is 318 Å². The predicted octanol–water partition coefficient (Wildman–Crippen LogP) is 13.4. The summed E-state index contributed by atoms with van der Waals surface area (Å²) in [6, 6.07) is 53.0. The number of rotatable bonds is 5. The minimum Gasteiger partial charge on any atom is -0.456 e. The van der Waals surface area contributed by atoms with Crippen LogP contribution in [0.1, 0.15) is 29.3 Å². The van der Waals surface area contributed by atoms with Gasteiger partial charge in [0.2, 0.25) is 0 Å². The number of hydrogen-bond acceptors (Lipinski definition) is 3. The molecule has 4 nitrogen and oxygen atoms in total. The fourth-order valence-corrected chi connectivity index (χ4v) is 8.57. The Morgan fingerprint density at radius 1 is 0.564 bits per heavy atom. The highest BCUT2D eigenvalue weighted by Gasteiger charge is 2.21. The Hall–Kier alpha value is -7.04. The van der Waals surface area contributed by atoms with E-state index in [2.05, 4.69) is 145 Å². The van der Waals surface area contributed by atoms with Gasteiger partial charge in [0.05, 0.1) is 16.7 Å². The van der Waals surface area contributed by atoms with Crippen molar-refractivity contribution in [1.82, 2.24) is 14.5 Å². The van der Waals surface area contributed by atoms with E-state index in [9.17, 15) is 0 Å². The second-order valence-corrected chi connectivity index (χ2v) is 14.6. The molecule has 4 heteroatoms. The summed E-state index contributed by atoms with van der Waals surface area (Å²) >= 11 is 0. The lowest BCUT2D eigenvalue weighted by molar-refractivity contribution is 0.669. The second-order valence-electron chi connectivity index (χ2n) is 14.6. The van der Waals surface area contributed by atoms with Crippen molar-refractivity contribution in [2.45, 2.75) is 20.3 Å². The maximum Gasteiger partial charge on any atom is 0.159 e. The van der Waals surface area contributed by atoms with Crippen molar-refractivity contribution < 1.29 is 4.42 Å². The molecule has 0 bridgehead atoms. The number of hydrogen-bond donors (Lipinski definition) is 0. The molecule has 0 amide bonds. The van der Waals surface area contributed by atoms with E-state index >= 15 is 0 Å². The van der Waals surface area contributed by atoms with Crippen molar-refractivity contribution in [1.29, 1.82) is 0 Å². The predicted molar refractivity (Wildman–Crippen MR) is 228 cm³/mol. The summed E-state index contributed by atoms with van der Waals surface area (Å²) < 4.78 is 8.53. The van der Waals surface area contributed by atoms with E-state index < -0.39 is 0 Å². The van der Waals surface area contributed by atoms with Crippen LogP contribution in [0.2, 0.25) is 0 Å². The molecule has 0 aliphatic heterocycles. The summed E-state index contributed by atoms with van der Waals surface area (Å²) in [7, 11) is 0. The number of para-hydroxylation sites is 2. The largest absolute Gasteiger partial charge is 0.456 e. The van der Waals surface area contributed by atoms with Gasteiger partial charge in [-0.25, -0.2) is 9.97 Å². The molecule has 7 aromatic carbocycles. The van der Waals surface area contributed by atoms with Crippen LogP contribution in [0.5, 0.6) is 0 Å². The molecule has 0 unspecified atom stereocenters. The zero-order valence-electron chi connectivity index (χ0n) is 30.5. The van der Waals surface area contributed by atoms with Gasteiger partial charge >= 0.3 is 0 Å². The van der Waals surface area contributed by atoms with Crippen molar-refractivity contribution in [3.8, 4) is 50.5 Å². The maximum absolute atomic E-state index is 6.13. The highest BCUT2D eigenvalue weighted by molar-refractivity contribution is 6.11. The van der Waals surface area contributed by atoms with Crippen LogP contribution in [0.25, 0.3) is 100 Å². The third kappa shape index (κ3) is 5.06. The third-order valence-electron chi connectivity index (χ3n) is 11.3. The van der Waals surface area contributed by atoms with Gasteiger partial charge in [0.15, 0.2) is 5.82 Å². The van der Waals surface area contributed by atoms with Crippen LogP contribution in [0.15, 0.2) is 162 Å². The number of furan rings is 1. The highest BCUT2D eigenvalue weighted by Crippen LogP contribution is 2.42. The van der Waals surface area contributed by atoms with E-state index in [4.69, 9.17) is 14.4 Å². The van der Waals surface area contributed by atoms with Crippen LogP contribution < -0.4 is 0 Å². The van der Waals surface area contributed by atoms with E-state index in [1.807, 2.05) is 37.4 Å².